The van der Waals surface area contributed by atoms with E-state index >= 15 is 0 Å². The van der Waals surface area contributed by atoms with Crippen molar-refractivity contribution < 1.29 is 4.79 Å². The Morgan fingerprint density at radius 2 is 1.95 bits per heavy atom. The Bertz CT molecular complexity index is 511. The zero-order chi connectivity index (χ0) is 14.1. The lowest BCUT2D eigenvalue weighted by molar-refractivity contribution is 0.0908. The van der Waals surface area contributed by atoms with Gasteiger partial charge < -0.3 is 10.2 Å². The summed E-state index contributed by atoms with van der Waals surface area (Å²) in [6, 6.07) is 7.03. The number of nitrogens with one attached hydrogen (secondary N) is 1. The summed E-state index contributed by atoms with van der Waals surface area (Å²) in [5, 5.41) is 3.18. The molecule has 0 aromatic heterocycles. The van der Waals surface area contributed by atoms with Gasteiger partial charge in [0.25, 0.3) is 5.91 Å². The summed E-state index contributed by atoms with van der Waals surface area (Å²) in [5.41, 5.74) is 0.738. The molecule has 1 saturated heterocycles. The van der Waals surface area contributed by atoms with Crippen LogP contribution in [0.3, 0.4) is 0 Å². The molecule has 1 amide bonds. The summed E-state index contributed by atoms with van der Waals surface area (Å²) in [5.74, 6) is 0.0419. The molecule has 0 radical (unpaired) electrons. The summed E-state index contributed by atoms with van der Waals surface area (Å²) >= 11 is 5.70. The number of likely N-dealkylation sites (tertiary alicyclic amines) is 1. The molecular formula is C15H18BrIN2O. The summed E-state index contributed by atoms with van der Waals surface area (Å²) in [4.78, 5) is 14.9. The summed E-state index contributed by atoms with van der Waals surface area (Å²) < 4.78 is 1.95. The number of halogens is 2. The second kappa shape index (κ2) is 6.32. The standard InChI is InChI=1S/C15H18BrIN2O/c16-14-4-1-10(17)9-13(14)15(20)18-11-5-7-19(8-6-11)12-2-3-12/h1,4,9,11-12H,2-3,5-8H2,(H,18,20). The highest BCUT2D eigenvalue weighted by atomic mass is 127. The van der Waals surface area contributed by atoms with Gasteiger partial charge in [0.15, 0.2) is 0 Å². The molecule has 2 fully saturated rings. The molecule has 1 saturated carbocycles. The van der Waals surface area contributed by atoms with Crippen LogP contribution in [0.5, 0.6) is 0 Å². The second-order valence-electron chi connectivity index (χ2n) is 5.64. The molecule has 1 aliphatic carbocycles. The first kappa shape index (κ1) is 14.8. The molecule has 2 aliphatic rings. The highest BCUT2D eigenvalue weighted by Gasteiger charge is 2.32. The SMILES string of the molecule is O=C(NC1CCN(C2CC2)CC1)c1cc(I)ccc1Br. The Morgan fingerprint density at radius 1 is 1.25 bits per heavy atom. The first-order chi connectivity index (χ1) is 9.63. The Balaban J connectivity index is 1.57. The van der Waals surface area contributed by atoms with Crippen LogP contribution in [-0.2, 0) is 0 Å². The van der Waals surface area contributed by atoms with E-state index in [0.717, 1.165) is 45.6 Å². The number of amides is 1. The maximum Gasteiger partial charge on any atom is 0.252 e. The fourth-order valence-electron chi connectivity index (χ4n) is 2.78. The smallest absolute Gasteiger partial charge is 0.252 e. The number of piperidine rings is 1. The van der Waals surface area contributed by atoms with Gasteiger partial charge in [0.05, 0.1) is 5.56 Å². The van der Waals surface area contributed by atoms with Gasteiger partial charge in [0.1, 0.15) is 0 Å². The number of nitrogens with zero attached hydrogens (tertiary/aromatic N) is 1. The summed E-state index contributed by atoms with van der Waals surface area (Å²) in [6.45, 7) is 2.26. The van der Waals surface area contributed by atoms with Gasteiger partial charge in [0, 0.05) is 33.2 Å². The fraction of sp³-hybridized carbons (Fsp3) is 0.533. The summed E-state index contributed by atoms with van der Waals surface area (Å²) in [6.07, 6.45) is 4.88. The maximum atomic E-state index is 12.4. The molecule has 3 nitrogen and oxygen atoms in total. The minimum atomic E-state index is 0.0419. The minimum Gasteiger partial charge on any atom is -0.349 e. The predicted octanol–water partition coefficient (Wildman–Crippen LogP) is 3.41. The Hall–Kier alpha value is -0.140. The molecule has 1 heterocycles. The molecule has 0 atom stereocenters. The average molecular weight is 449 g/mol. The van der Waals surface area contributed by atoms with Crippen molar-refractivity contribution in [3.05, 3.63) is 31.8 Å². The fourth-order valence-corrected chi connectivity index (χ4v) is 3.70. The van der Waals surface area contributed by atoms with Crippen molar-refractivity contribution in [1.82, 2.24) is 10.2 Å². The van der Waals surface area contributed by atoms with E-state index in [2.05, 4.69) is 48.7 Å². The second-order valence-corrected chi connectivity index (χ2v) is 7.74. The van der Waals surface area contributed by atoms with Crippen LogP contribution in [-0.4, -0.2) is 36.0 Å². The molecule has 1 aromatic carbocycles. The zero-order valence-electron chi connectivity index (χ0n) is 11.2. The van der Waals surface area contributed by atoms with Gasteiger partial charge >= 0.3 is 0 Å². The van der Waals surface area contributed by atoms with Crippen LogP contribution in [0, 0.1) is 3.57 Å². The van der Waals surface area contributed by atoms with Crippen LogP contribution in [0.4, 0.5) is 0 Å². The topological polar surface area (TPSA) is 32.3 Å². The van der Waals surface area contributed by atoms with Crippen LogP contribution in [0.15, 0.2) is 22.7 Å². The van der Waals surface area contributed by atoms with Crippen molar-refractivity contribution >= 4 is 44.4 Å². The third kappa shape index (κ3) is 3.54. The minimum absolute atomic E-state index is 0.0419. The van der Waals surface area contributed by atoms with Crippen molar-refractivity contribution in [2.24, 2.45) is 0 Å². The third-order valence-corrected chi connectivity index (χ3v) is 5.46. The van der Waals surface area contributed by atoms with Crippen LogP contribution in [0.25, 0.3) is 0 Å². The van der Waals surface area contributed by atoms with Crippen molar-refractivity contribution in [1.29, 1.82) is 0 Å². The first-order valence-corrected chi connectivity index (χ1v) is 9.00. The molecule has 20 heavy (non-hydrogen) atoms. The number of benzene rings is 1. The molecule has 0 bridgehead atoms. The van der Waals surface area contributed by atoms with Gasteiger partial charge in [-0.15, -0.1) is 0 Å². The van der Waals surface area contributed by atoms with Gasteiger partial charge in [-0.2, -0.15) is 0 Å². The van der Waals surface area contributed by atoms with Crippen LogP contribution < -0.4 is 5.32 Å². The maximum absolute atomic E-state index is 12.4. The van der Waals surface area contributed by atoms with Crippen LogP contribution in [0.1, 0.15) is 36.0 Å². The number of rotatable bonds is 3. The molecule has 1 aromatic rings. The van der Waals surface area contributed by atoms with Crippen LogP contribution in [0.2, 0.25) is 0 Å². The average Bonchev–Trinajstić information content (AvgIpc) is 3.27. The highest BCUT2D eigenvalue weighted by Crippen LogP contribution is 2.29. The van der Waals surface area contributed by atoms with E-state index in [1.807, 2.05) is 18.2 Å². The van der Waals surface area contributed by atoms with Gasteiger partial charge in [-0.25, -0.2) is 0 Å². The third-order valence-electron chi connectivity index (χ3n) is 4.10. The van der Waals surface area contributed by atoms with Crippen molar-refractivity contribution in [3.8, 4) is 0 Å². The van der Waals surface area contributed by atoms with E-state index < -0.39 is 0 Å². The predicted molar refractivity (Wildman–Crippen MR) is 91.9 cm³/mol. The van der Waals surface area contributed by atoms with Crippen LogP contribution >= 0.6 is 38.5 Å². The Kier molecular flexibility index (Phi) is 4.67. The highest BCUT2D eigenvalue weighted by molar-refractivity contribution is 14.1. The van der Waals surface area contributed by atoms with E-state index in [9.17, 15) is 4.79 Å². The molecular weight excluding hydrogens is 431 g/mol. The number of hydrogen-bond donors (Lipinski definition) is 1. The number of carbonyl (C=O) groups is 1. The number of carbonyl (C=O) groups excluding carboxylic acids is 1. The Labute approximate surface area is 141 Å². The monoisotopic (exact) mass is 448 g/mol. The lowest BCUT2D eigenvalue weighted by atomic mass is 10.0. The van der Waals surface area contributed by atoms with E-state index in [0.29, 0.717) is 6.04 Å². The lowest BCUT2D eigenvalue weighted by Crippen LogP contribution is -2.45. The largest absolute Gasteiger partial charge is 0.349 e. The van der Waals surface area contributed by atoms with Gasteiger partial charge in [-0.1, -0.05) is 0 Å². The van der Waals surface area contributed by atoms with Gasteiger partial charge in [0.2, 0.25) is 0 Å². The Morgan fingerprint density at radius 3 is 2.60 bits per heavy atom. The molecule has 0 unspecified atom stereocenters. The van der Waals surface area contributed by atoms with Gasteiger partial charge in [-0.05, 0) is 82.4 Å². The molecule has 3 rings (SSSR count). The zero-order valence-corrected chi connectivity index (χ0v) is 15.0. The van der Waals surface area contributed by atoms with E-state index in [1.165, 1.54) is 12.8 Å². The van der Waals surface area contributed by atoms with E-state index in [1.54, 1.807) is 0 Å². The number of hydrogen-bond acceptors (Lipinski definition) is 2. The quantitative estimate of drug-likeness (QED) is 0.718. The summed E-state index contributed by atoms with van der Waals surface area (Å²) in [7, 11) is 0. The molecule has 0 spiro atoms. The van der Waals surface area contributed by atoms with Crippen molar-refractivity contribution in [2.45, 2.75) is 37.8 Å². The van der Waals surface area contributed by atoms with Crippen molar-refractivity contribution in [2.75, 3.05) is 13.1 Å². The van der Waals surface area contributed by atoms with E-state index in [4.69, 9.17) is 0 Å². The van der Waals surface area contributed by atoms with Gasteiger partial charge in [-0.3, -0.25) is 4.79 Å². The first-order valence-electron chi connectivity index (χ1n) is 7.13. The molecule has 1 aliphatic heterocycles. The van der Waals surface area contributed by atoms with Crippen molar-refractivity contribution in [3.63, 3.8) is 0 Å². The molecule has 5 heteroatoms. The molecule has 1 N–H and O–H groups in total. The normalized spacial score (nSPS) is 20.9. The van der Waals surface area contributed by atoms with E-state index in [-0.39, 0.29) is 5.91 Å². The molecule has 108 valence electrons. The lowest BCUT2D eigenvalue weighted by Gasteiger charge is -2.32.